The van der Waals surface area contributed by atoms with Crippen LogP contribution in [0.1, 0.15) is 66.7 Å². The molecule has 0 bridgehead atoms. The monoisotopic (exact) mass is 334 g/mol. The number of carbonyl (C=O) groups is 2. The van der Waals surface area contributed by atoms with E-state index in [0.717, 1.165) is 19.3 Å². The average molecular weight is 334 g/mol. The fourth-order valence-corrected chi connectivity index (χ4v) is 5.25. The van der Waals surface area contributed by atoms with Gasteiger partial charge in [-0.15, -0.1) is 0 Å². The third-order valence-electron chi connectivity index (χ3n) is 6.89. The maximum Gasteiger partial charge on any atom is 0.309 e. The normalized spacial score (nSPS) is 41.9. The molecular weight excluding hydrogens is 304 g/mol. The topological polar surface area (TPSA) is 63.6 Å². The first-order chi connectivity index (χ1) is 11.0. The number of aliphatic hydroxyl groups is 1. The van der Waals surface area contributed by atoms with Gasteiger partial charge in [-0.05, 0) is 35.5 Å². The molecule has 0 aromatic rings. The van der Waals surface area contributed by atoms with E-state index in [0.29, 0.717) is 17.9 Å². The summed E-state index contributed by atoms with van der Waals surface area (Å²) in [4.78, 5) is 24.8. The molecule has 2 aliphatic carbocycles. The first-order valence-electron chi connectivity index (χ1n) is 9.17. The highest BCUT2D eigenvalue weighted by atomic mass is 16.6. The lowest BCUT2D eigenvalue weighted by atomic mass is 9.52. The van der Waals surface area contributed by atoms with E-state index in [9.17, 15) is 14.7 Å². The van der Waals surface area contributed by atoms with E-state index in [2.05, 4.69) is 20.8 Å². The number of ketones is 1. The van der Waals surface area contributed by atoms with Crippen LogP contribution < -0.4 is 0 Å². The molecule has 0 radical (unpaired) electrons. The summed E-state index contributed by atoms with van der Waals surface area (Å²) in [6, 6.07) is 0. The Kier molecular flexibility index (Phi) is 3.99. The van der Waals surface area contributed by atoms with Gasteiger partial charge in [0.2, 0.25) is 0 Å². The molecule has 0 amide bonds. The smallest absolute Gasteiger partial charge is 0.309 e. The van der Waals surface area contributed by atoms with Crippen molar-refractivity contribution in [2.45, 2.75) is 78.4 Å². The van der Waals surface area contributed by atoms with Gasteiger partial charge in [-0.25, -0.2) is 0 Å². The maximum atomic E-state index is 12.9. The highest BCUT2D eigenvalue weighted by Gasteiger charge is 2.56. The number of esters is 1. The molecule has 3 rings (SSSR count). The lowest BCUT2D eigenvalue weighted by Crippen LogP contribution is -2.50. The highest BCUT2D eigenvalue weighted by Crippen LogP contribution is 2.56. The maximum absolute atomic E-state index is 12.9. The van der Waals surface area contributed by atoms with Gasteiger partial charge in [0.25, 0.3) is 0 Å². The quantitative estimate of drug-likeness (QED) is 0.786. The Hall–Kier alpha value is -1.16. The zero-order valence-corrected chi connectivity index (χ0v) is 15.5. The fourth-order valence-electron chi connectivity index (χ4n) is 5.25. The lowest BCUT2D eigenvalue weighted by Gasteiger charge is -2.52. The zero-order chi connectivity index (χ0) is 17.9. The van der Waals surface area contributed by atoms with Crippen LogP contribution in [0.4, 0.5) is 0 Å². The van der Waals surface area contributed by atoms with Crippen LogP contribution in [-0.4, -0.2) is 28.6 Å². The molecule has 1 heterocycles. The third kappa shape index (κ3) is 2.54. The molecule has 1 saturated carbocycles. The fraction of sp³-hybridized carbons (Fsp3) is 0.800. The summed E-state index contributed by atoms with van der Waals surface area (Å²) >= 11 is 0. The van der Waals surface area contributed by atoms with Gasteiger partial charge in [-0.3, -0.25) is 9.59 Å². The number of ether oxygens (including phenoxy) is 1. The molecule has 0 spiro atoms. The second-order valence-electron chi connectivity index (χ2n) is 9.32. The summed E-state index contributed by atoms with van der Waals surface area (Å²) in [5, 5.41) is 11.0. The Morgan fingerprint density at radius 1 is 1.21 bits per heavy atom. The minimum Gasteiger partial charge on any atom is -0.454 e. The van der Waals surface area contributed by atoms with Crippen LogP contribution in [0.3, 0.4) is 0 Å². The van der Waals surface area contributed by atoms with E-state index in [1.165, 1.54) is 0 Å². The number of carbonyl (C=O) groups excluding carboxylic acids is 2. The summed E-state index contributed by atoms with van der Waals surface area (Å²) in [7, 11) is 0. The number of rotatable bonds is 2. The lowest BCUT2D eigenvalue weighted by molar-refractivity contribution is -0.142. The van der Waals surface area contributed by atoms with Crippen LogP contribution in [0.25, 0.3) is 0 Å². The van der Waals surface area contributed by atoms with Gasteiger partial charge in [-0.2, -0.15) is 0 Å². The molecule has 1 N–H and O–H groups in total. The summed E-state index contributed by atoms with van der Waals surface area (Å²) in [5.41, 5.74) is -0.705. The van der Waals surface area contributed by atoms with Crippen molar-refractivity contribution in [2.24, 2.45) is 22.7 Å². The van der Waals surface area contributed by atoms with Gasteiger partial charge >= 0.3 is 5.97 Å². The van der Waals surface area contributed by atoms with Crippen LogP contribution >= 0.6 is 0 Å². The molecule has 4 atom stereocenters. The first kappa shape index (κ1) is 17.7. The third-order valence-corrected chi connectivity index (χ3v) is 6.89. The molecule has 3 aliphatic rings. The standard InChI is InChI=1S/C20H30O4/c1-12(2)20(23)11-16(22)24-17(20)13-10-19(5)8-6-7-18(3,4)15(19)9-14(13)21/h10,12,15,17,23H,6-9,11H2,1-5H3/t15-,17-,19+,20-/m0/s1. The number of Topliss-reactive ketones (excluding diaryl/α,β-unsaturated/α-hetero) is 1. The molecule has 2 fully saturated rings. The molecule has 0 unspecified atom stereocenters. The Labute approximate surface area is 144 Å². The van der Waals surface area contributed by atoms with E-state index in [-0.39, 0.29) is 29.0 Å². The first-order valence-corrected chi connectivity index (χ1v) is 9.17. The van der Waals surface area contributed by atoms with Crippen LogP contribution in [0.15, 0.2) is 11.6 Å². The van der Waals surface area contributed by atoms with Crippen molar-refractivity contribution < 1.29 is 19.4 Å². The van der Waals surface area contributed by atoms with Crippen molar-refractivity contribution in [3.05, 3.63) is 11.6 Å². The Balaban J connectivity index is 2.02. The van der Waals surface area contributed by atoms with Crippen LogP contribution in [0, 0.1) is 22.7 Å². The number of hydrogen-bond acceptors (Lipinski definition) is 4. The van der Waals surface area contributed by atoms with E-state index in [1.54, 1.807) is 0 Å². The van der Waals surface area contributed by atoms with E-state index in [1.807, 2.05) is 19.9 Å². The molecule has 0 aromatic carbocycles. The van der Waals surface area contributed by atoms with Gasteiger partial charge in [0.1, 0.15) is 5.60 Å². The molecular formula is C20H30O4. The number of fused-ring (bicyclic) bond motifs is 1. The summed E-state index contributed by atoms with van der Waals surface area (Å²) in [6.07, 6.45) is 4.98. The van der Waals surface area contributed by atoms with Crippen LogP contribution in [0.2, 0.25) is 0 Å². The van der Waals surface area contributed by atoms with Crippen molar-refractivity contribution in [1.29, 1.82) is 0 Å². The van der Waals surface area contributed by atoms with E-state index < -0.39 is 17.7 Å². The Bertz CT molecular complexity index is 603. The average Bonchev–Trinajstić information content (AvgIpc) is 2.76. The second-order valence-corrected chi connectivity index (χ2v) is 9.32. The van der Waals surface area contributed by atoms with Gasteiger partial charge in [-0.1, -0.05) is 47.1 Å². The van der Waals surface area contributed by atoms with Crippen molar-refractivity contribution >= 4 is 11.8 Å². The minimum absolute atomic E-state index is 0.0335. The zero-order valence-electron chi connectivity index (χ0n) is 15.5. The number of hydrogen-bond donors (Lipinski definition) is 1. The van der Waals surface area contributed by atoms with Gasteiger partial charge < -0.3 is 9.84 Å². The molecule has 0 aromatic heterocycles. The minimum atomic E-state index is -1.29. The SMILES string of the molecule is CC(C)[C@@]1(O)CC(=O)O[C@H]1C1=C[C@@]2(C)CCCC(C)(C)[C@@H]2CC1=O. The Morgan fingerprint density at radius 2 is 1.88 bits per heavy atom. The van der Waals surface area contributed by atoms with Gasteiger partial charge in [0.15, 0.2) is 11.9 Å². The predicted molar refractivity (Wildman–Crippen MR) is 91.2 cm³/mol. The number of cyclic esters (lactones) is 1. The molecule has 1 aliphatic heterocycles. The second kappa shape index (κ2) is 5.42. The molecule has 1 saturated heterocycles. The molecule has 24 heavy (non-hydrogen) atoms. The summed E-state index contributed by atoms with van der Waals surface area (Å²) < 4.78 is 5.45. The molecule has 4 nitrogen and oxygen atoms in total. The largest absolute Gasteiger partial charge is 0.454 e. The van der Waals surface area contributed by atoms with Crippen molar-refractivity contribution in [3.63, 3.8) is 0 Å². The van der Waals surface area contributed by atoms with Crippen molar-refractivity contribution in [1.82, 2.24) is 0 Å². The summed E-state index contributed by atoms with van der Waals surface area (Å²) in [5.74, 6) is -0.234. The molecule has 134 valence electrons. The number of allylic oxidation sites excluding steroid dienone is 1. The van der Waals surface area contributed by atoms with Crippen LogP contribution in [-0.2, 0) is 14.3 Å². The van der Waals surface area contributed by atoms with Crippen molar-refractivity contribution in [3.8, 4) is 0 Å². The predicted octanol–water partition coefficient (Wildman–Crippen LogP) is 3.42. The molecule has 4 heteroatoms. The van der Waals surface area contributed by atoms with Gasteiger partial charge in [0, 0.05) is 12.0 Å². The van der Waals surface area contributed by atoms with Gasteiger partial charge in [0.05, 0.1) is 6.42 Å². The van der Waals surface area contributed by atoms with Crippen molar-refractivity contribution in [2.75, 3.05) is 0 Å². The summed E-state index contributed by atoms with van der Waals surface area (Å²) in [6.45, 7) is 10.5. The highest BCUT2D eigenvalue weighted by molar-refractivity contribution is 5.99. The Morgan fingerprint density at radius 3 is 2.50 bits per heavy atom. The van der Waals surface area contributed by atoms with E-state index >= 15 is 0 Å². The van der Waals surface area contributed by atoms with Crippen LogP contribution in [0.5, 0.6) is 0 Å². The van der Waals surface area contributed by atoms with E-state index in [4.69, 9.17) is 4.74 Å².